The van der Waals surface area contributed by atoms with Crippen molar-refractivity contribution < 1.29 is 4.42 Å². The first-order chi connectivity index (χ1) is 10.4. The van der Waals surface area contributed by atoms with Crippen molar-refractivity contribution in [1.82, 2.24) is 9.97 Å². The zero-order chi connectivity index (χ0) is 14.1. The van der Waals surface area contributed by atoms with Crippen LogP contribution >= 0.6 is 11.3 Å². The molecule has 0 aliphatic carbocycles. The fraction of sp³-hybridized carbons (Fsp3) is 0. The van der Waals surface area contributed by atoms with Gasteiger partial charge >= 0.3 is 0 Å². The van der Waals surface area contributed by atoms with E-state index in [1.54, 1.807) is 11.3 Å². The van der Waals surface area contributed by atoms with Gasteiger partial charge in [-0.25, -0.2) is 4.98 Å². The minimum atomic E-state index is 0.613. The topological polar surface area (TPSA) is 41.8 Å². The fourth-order valence-electron chi connectivity index (χ4n) is 2.26. The Hall–Kier alpha value is -2.59. The van der Waals surface area contributed by atoms with Crippen LogP contribution in [0.5, 0.6) is 0 Å². The van der Waals surface area contributed by atoms with Gasteiger partial charge in [0.25, 0.3) is 0 Å². The standard InChI is InChI=1S/C17H12N2OS/c1-2-6-12(7-3-1)16-15(14-9-5-11-21-14)19-17(20-16)13-8-4-10-18-13/h1-11,18H. The number of H-pyrrole nitrogens is 1. The van der Waals surface area contributed by atoms with E-state index in [0.29, 0.717) is 5.89 Å². The van der Waals surface area contributed by atoms with Crippen LogP contribution in [0.15, 0.2) is 70.6 Å². The van der Waals surface area contributed by atoms with Gasteiger partial charge in [-0.3, -0.25) is 0 Å². The summed E-state index contributed by atoms with van der Waals surface area (Å²) < 4.78 is 6.03. The highest BCUT2D eigenvalue weighted by Crippen LogP contribution is 2.37. The third-order valence-corrected chi connectivity index (χ3v) is 4.12. The van der Waals surface area contributed by atoms with Gasteiger partial charge in [0.05, 0.1) is 4.88 Å². The lowest BCUT2D eigenvalue weighted by Gasteiger charge is -1.98. The Morgan fingerprint density at radius 1 is 0.952 bits per heavy atom. The number of nitrogens with zero attached hydrogens (tertiary/aromatic N) is 1. The predicted octanol–water partition coefficient (Wildman–Crippen LogP) is 5.07. The van der Waals surface area contributed by atoms with Gasteiger partial charge in [-0.2, -0.15) is 0 Å². The molecule has 3 aromatic heterocycles. The first kappa shape index (κ1) is 12.2. The third-order valence-electron chi connectivity index (χ3n) is 3.25. The predicted molar refractivity (Wildman–Crippen MR) is 85.0 cm³/mol. The molecule has 3 nitrogen and oxygen atoms in total. The Morgan fingerprint density at radius 3 is 2.57 bits per heavy atom. The number of oxazole rings is 1. The summed E-state index contributed by atoms with van der Waals surface area (Å²) in [7, 11) is 0. The van der Waals surface area contributed by atoms with Crippen molar-refractivity contribution in [2.45, 2.75) is 0 Å². The average molecular weight is 292 g/mol. The second kappa shape index (κ2) is 5.07. The van der Waals surface area contributed by atoms with Gasteiger partial charge in [0.2, 0.25) is 5.89 Å². The van der Waals surface area contributed by atoms with E-state index in [-0.39, 0.29) is 0 Å². The largest absolute Gasteiger partial charge is 0.434 e. The molecule has 0 radical (unpaired) electrons. The molecule has 3 heterocycles. The summed E-state index contributed by atoms with van der Waals surface area (Å²) in [5.74, 6) is 1.42. The molecular weight excluding hydrogens is 280 g/mol. The van der Waals surface area contributed by atoms with Gasteiger partial charge < -0.3 is 9.40 Å². The maximum Gasteiger partial charge on any atom is 0.244 e. The molecule has 4 heteroatoms. The Labute approximate surface area is 125 Å². The van der Waals surface area contributed by atoms with E-state index in [1.165, 1.54) is 0 Å². The van der Waals surface area contributed by atoms with Crippen LogP contribution in [-0.2, 0) is 0 Å². The molecule has 4 aromatic rings. The molecule has 0 unspecified atom stereocenters. The van der Waals surface area contributed by atoms with Crippen LogP contribution in [0, 0.1) is 0 Å². The molecule has 0 saturated carbocycles. The van der Waals surface area contributed by atoms with Crippen LogP contribution in [0.1, 0.15) is 0 Å². The van der Waals surface area contributed by atoms with E-state index >= 15 is 0 Å². The number of nitrogens with one attached hydrogen (secondary N) is 1. The third kappa shape index (κ3) is 2.19. The highest BCUT2D eigenvalue weighted by molar-refractivity contribution is 7.13. The summed E-state index contributed by atoms with van der Waals surface area (Å²) >= 11 is 1.66. The molecule has 0 bridgehead atoms. The second-order valence-electron chi connectivity index (χ2n) is 4.62. The number of rotatable bonds is 3. The van der Waals surface area contributed by atoms with Crippen molar-refractivity contribution in [2.24, 2.45) is 0 Å². The van der Waals surface area contributed by atoms with Gasteiger partial charge in [0, 0.05) is 11.8 Å². The van der Waals surface area contributed by atoms with Crippen LogP contribution in [-0.4, -0.2) is 9.97 Å². The highest BCUT2D eigenvalue weighted by atomic mass is 32.1. The molecule has 0 spiro atoms. The van der Waals surface area contributed by atoms with Crippen molar-refractivity contribution in [2.75, 3.05) is 0 Å². The molecule has 102 valence electrons. The van der Waals surface area contributed by atoms with E-state index in [4.69, 9.17) is 4.42 Å². The Balaban J connectivity index is 1.92. The summed E-state index contributed by atoms with van der Waals surface area (Å²) in [6.07, 6.45) is 1.87. The molecule has 0 atom stereocenters. The summed E-state index contributed by atoms with van der Waals surface area (Å²) in [5, 5.41) is 2.05. The zero-order valence-electron chi connectivity index (χ0n) is 11.1. The van der Waals surface area contributed by atoms with Crippen LogP contribution in [0.25, 0.3) is 33.5 Å². The summed E-state index contributed by atoms with van der Waals surface area (Å²) in [6.45, 7) is 0. The molecule has 4 rings (SSSR count). The van der Waals surface area contributed by atoms with Gasteiger partial charge in [-0.1, -0.05) is 36.4 Å². The van der Waals surface area contributed by atoms with Crippen molar-refractivity contribution in [3.63, 3.8) is 0 Å². The summed E-state index contributed by atoms with van der Waals surface area (Å²) in [5.41, 5.74) is 2.81. The Morgan fingerprint density at radius 2 is 1.86 bits per heavy atom. The Bertz CT molecular complexity index is 830. The highest BCUT2D eigenvalue weighted by Gasteiger charge is 2.18. The number of hydrogen-bond donors (Lipinski definition) is 1. The summed E-state index contributed by atoms with van der Waals surface area (Å²) in [4.78, 5) is 8.93. The second-order valence-corrected chi connectivity index (χ2v) is 5.57. The number of thiophene rings is 1. The van der Waals surface area contributed by atoms with Crippen molar-refractivity contribution in [3.8, 4) is 33.5 Å². The van der Waals surface area contributed by atoms with E-state index in [2.05, 4.69) is 16.0 Å². The lowest BCUT2D eigenvalue weighted by atomic mass is 10.1. The van der Waals surface area contributed by atoms with Crippen molar-refractivity contribution in [3.05, 3.63) is 66.2 Å². The molecular formula is C17H12N2OS. The zero-order valence-corrected chi connectivity index (χ0v) is 11.9. The lowest BCUT2D eigenvalue weighted by Crippen LogP contribution is -1.79. The SMILES string of the molecule is c1ccc(-c2oc(-c3ccc[nH]3)nc2-c2cccs2)cc1. The number of aromatic amines is 1. The van der Waals surface area contributed by atoms with Gasteiger partial charge in [0.1, 0.15) is 11.4 Å². The maximum absolute atomic E-state index is 6.03. The molecule has 0 saturated heterocycles. The molecule has 21 heavy (non-hydrogen) atoms. The van der Waals surface area contributed by atoms with E-state index in [0.717, 1.165) is 27.6 Å². The van der Waals surface area contributed by atoms with E-state index in [1.807, 2.05) is 60.1 Å². The molecule has 0 amide bonds. The van der Waals surface area contributed by atoms with Crippen LogP contribution in [0.2, 0.25) is 0 Å². The first-order valence-corrected chi connectivity index (χ1v) is 7.53. The normalized spacial score (nSPS) is 10.9. The number of hydrogen-bond acceptors (Lipinski definition) is 3. The fourth-order valence-corrected chi connectivity index (χ4v) is 2.98. The molecule has 0 fully saturated rings. The van der Waals surface area contributed by atoms with E-state index in [9.17, 15) is 0 Å². The van der Waals surface area contributed by atoms with Crippen molar-refractivity contribution >= 4 is 11.3 Å². The van der Waals surface area contributed by atoms with Crippen LogP contribution in [0.3, 0.4) is 0 Å². The average Bonchev–Trinajstić information content (AvgIpc) is 3.27. The van der Waals surface area contributed by atoms with Crippen molar-refractivity contribution in [1.29, 1.82) is 0 Å². The van der Waals surface area contributed by atoms with Crippen LogP contribution < -0.4 is 0 Å². The number of benzene rings is 1. The minimum Gasteiger partial charge on any atom is -0.434 e. The Kier molecular flexibility index (Phi) is 2.94. The van der Waals surface area contributed by atoms with E-state index < -0.39 is 0 Å². The molecule has 1 aromatic carbocycles. The monoisotopic (exact) mass is 292 g/mol. The number of aromatic nitrogens is 2. The van der Waals surface area contributed by atoms with Crippen LogP contribution in [0.4, 0.5) is 0 Å². The quantitative estimate of drug-likeness (QED) is 0.573. The first-order valence-electron chi connectivity index (χ1n) is 6.66. The van der Waals surface area contributed by atoms with Gasteiger partial charge in [-0.05, 0) is 23.6 Å². The maximum atomic E-state index is 6.03. The molecule has 0 aliphatic rings. The van der Waals surface area contributed by atoms with Gasteiger partial charge in [0.15, 0.2) is 5.76 Å². The minimum absolute atomic E-state index is 0.613. The smallest absolute Gasteiger partial charge is 0.244 e. The summed E-state index contributed by atoms with van der Waals surface area (Å²) in [6, 6.07) is 18.1. The van der Waals surface area contributed by atoms with Gasteiger partial charge in [-0.15, -0.1) is 11.3 Å². The molecule has 1 N–H and O–H groups in total. The molecule has 0 aliphatic heterocycles. The lowest BCUT2D eigenvalue weighted by molar-refractivity contribution is 0.587.